The van der Waals surface area contributed by atoms with Gasteiger partial charge in [-0.15, -0.1) is 11.3 Å². The largest absolute Gasteiger partial charge is 0.441 e. The van der Waals surface area contributed by atoms with Crippen molar-refractivity contribution in [3.8, 4) is 0 Å². The van der Waals surface area contributed by atoms with Gasteiger partial charge in [0.05, 0.1) is 12.6 Å². The van der Waals surface area contributed by atoms with E-state index >= 15 is 0 Å². The highest BCUT2D eigenvalue weighted by Crippen LogP contribution is 2.30. The van der Waals surface area contributed by atoms with Crippen LogP contribution in [0.3, 0.4) is 0 Å². The Bertz CT molecular complexity index is 540. The lowest BCUT2D eigenvalue weighted by Crippen LogP contribution is -2.52. The minimum atomic E-state index is -0.377. The van der Waals surface area contributed by atoms with E-state index in [1.165, 1.54) is 11.3 Å². The van der Waals surface area contributed by atoms with E-state index in [0.29, 0.717) is 11.7 Å². The van der Waals surface area contributed by atoms with Crippen molar-refractivity contribution in [3.05, 3.63) is 11.6 Å². The Balaban J connectivity index is 1.58. The molecule has 1 spiro atoms. The number of carbonyl (C=O) groups excluding carboxylic acids is 2. The molecular weight excluding hydrogens is 304 g/mol. The van der Waals surface area contributed by atoms with E-state index in [9.17, 15) is 9.59 Å². The number of anilines is 1. The summed E-state index contributed by atoms with van der Waals surface area (Å²) >= 11 is 1.41. The van der Waals surface area contributed by atoms with E-state index in [1.807, 2.05) is 12.3 Å². The number of amides is 2. The summed E-state index contributed by atoms with van der Waals surface area (Å²) in [7, 11) is 0. The molecule has 2 aliphatic heterocycles. The average molecular weight is 324 g/mol. The lowest BCUT2D eigenvalue weighted by Gasteiger charge is -2.40. The first-order chi connectivity index (χ1) is 10.6. The van der Waals surface area contributed by atoms with Crippen LogP contribution in [0.1, 0.15) is 26.2 Å². The molecule has 2 aliphatic rings. The maximum absolute atomic E-state index is 12.4. The number of likely N-dealkylation sites (tertiary alicyclic amines) is 1. The molecule has 8 heteroatoms. The highest BCUT2D eigenvalue weighted by molar-refractivity contribution is 7.13. The number of nitrogens with one attached hydrogen (secondary N) is 2. The number of alkyl carbamates (subject to hydrolysis) is 1. The summed E-state index contributed by atoms with van der Waals surface area (Å²) in [6, 6.07) is -0.175. The van der Waals surface area contributed by atoms with Gasteiger partial charge in [-0.05, 0) is 6.42 Å². The zero-order valence-corrected chi connectivity index (χ0v) is 13.3. The Labute approximate surface area is 133 Å². The number of hydrogen-bond donors (Lipinski definition) is 2. The minimum Gasteiger partial charge on any atom is -0.441 e. The topological polar surface area (TPSA) is 83.6 Å². The third-order valence-electron chi connectivity index (χ3n) is 4.37. The minimum absolute atomic E-state index is 0.0186. The Morgan fingerprint density at radius 2 is 2.36 bits per heavy atom. The third kappa shape index (κ3) is 3.07. The van der Waals surface area contributed by atoms with E-state index in [4.69, 9.17) is 4.74 Å². The molecule has 2 N–H and O–H groups in total. The molecule has 0 aliphatic carbocycles. The maximum atomic E-state index is 12.4. The van der Waals surface area contributed by atoms with Crippen LogP contribution in [0, 0.1) is 0 Å². The lowest BCUT2D eigenvalue weighted by molar-refractivity contribution is -0.123. The molecule has 0 aromatic carbocycles. The molecular formula is C14H20N4O3S. The summed E-state index contributed by atoms with van der Waals surface area (Å²) in [5, 5.41) is 8.06. The number of piperidine rings is 1. The summed E-state index contributed by atoms with van der Waals surface area (Å²) in [6.07, 6.45) is 3.59. The Kier molecular flexibility index (Phi) is 4.30. The van der Waals surface area contributed by atoms with Crippen LogP contribution >= 0.6 is 11.3 Å². The van der Waals surface area contributed by atoms with Gasteiger partial charge in [-0.2, -0.15) is 0 Å². The van der Waals surface area contributed by atoms with Crippen molar-refractivity contribution >= 4 is 28.5 Å². The predicted molar refractivity (Wildman–Crippen MR) is 82.8 cm³/mol. The molecule has 2 fully saturated rings. The Morgan fingerprint density at radius 1 is 1.59 bits per heavy atom. The van der Waals surface area contributed by atoms with Crippen molar-refractivity contribution in [2.45, 2.75) is 37.8 Å². The molecule has 0 radical (unpaired) electrons. The summed E-state index contributed by atoms with van der Waals surface area (Å²) in [6.45, 7) is 4.08. The molecule has 3 heterocycles. The molecule has 22 heavy (non-hydrogen) atoms. The molecule has 120 valence electrons. The molecule has 0 saturated carbocycles. The van der Waals surface area contributed by atoms with Gasteiger partial charge in [-0.3, -0.25) is 9.69 Å². The highest BCUT2D eigenvalue weighted by atomic mass is 32.1. The molecule has 7 nitrogen and oxygen atoms in total. The zero-order chi connectivity index (χ0) is 15.6. The van der Waals surface area contributed by atoms with Crippen LogP contribution in [0.2, 0.25) is 0 Å². The molecule has 1 aromatic rings. The SMILES string of the molecule is CCC(C(=O)Nc1nccs1)N1CCC2(CC1)CNC(=O)O2. The van der Waals surface area contributed by atoms with Gasteiger partial charge < -0.3 is 15.4 Å². The highest BCUT2D eigenvalue weighted by Gasteiger charge is 2.44. The number of carbonyl (C=O) groups is 2. The number of thiazole rings is 1. The second kappa shape index (κ2) is 6.21. The second-order valence-corrected chi connectivity index (χ2v) is 6.61. The van der Waals surface area contributed by atoms with Crippen LogP contribution in [-0.2, 0) is 9.53 Å². The maximum Gasteiger partial charge on any atom is 0.407 e. The van der Waals surface area contributed by atoms with Gasteiger partial charge in [0.15, 0.2) is 5.13 Å². The van der Waals surface area contributed by atoms with Crippen LogP contribution in [-0.4, -0.2) is 53.2 Å². The summed E-state index contributed by atoms with van der Waals surface area (Å²) < 4.78 is 5.41. The number of nitrogens with zero attached hydrogens (tertiary/aromatic N) is 2. The van der Waals surface area contributed by atoms with Crippen LogP contribution in [0.4, 0.5) is 9.93 Å². The van der Waals surface area contributed by atoms with Crippen molar-refractivity contribution in [3.63, 3.8) is 0 Å². The molecule has 1 atom stereocenters. The second-order valence-electron chi connectivity index (χ2n) is 5.71. The van der Waals surface area contributed by atoms with Gasteiger partial charge >= 0.3 is 6.09 Å². The van der Waals surface area contributed by atoms with Crippen molar-refractivity contribution in [2.24, 2.45) is 0 Å². The van der Waals surface area contributed by atoms with Crippen LogP contribution in [0.15, 0.2) is 11.6 Å². The Morgan fingerprint density at radius 3 is 2.91 bits per heavy atom. The predicted octanol–water partition coefficient (Wildman–Crippen LogP) is 1.43. The van der Waals surface area contributed by atoms with Crippen molar-refractivity contribution in [1.82, 2.24) is 15.2 Å². The van der Waals surface area contributed by atoms with Crippen molar-refractivity contribution in [2.75, 3.05) is 25.0 Å². The third-order valence-corrected chi connectivity index (χ3v) is 5.05. The molecule has 1 unspecified atom stereocenters. The summed E-state index contributed by atoms with van der Waals surface area (Å²) in [5.41, 5.74) is -0.377. The van der Waals surface area contributed by atoms with Gasteiger partial charge in [0.1, 0.15) is 5.60 Å². The van der Waals surface area contributed by atoms with Gasteiger partial charge in [-0.1, -0.05) is 6.92 Å². The van der Waals surface area contributed by atoms with Crippen LogP contribution < -0.4 is 10.6 Å². The summed E-state index contributed by atoms with van der Waals surface area (Å²) in [5.74, 6) is -0.0186. The fraction of sp³-hybridized carbons (Fsp3) is 0.643. The average Bonchev–Trinajstić information content (AvgIpc) is 3.13. The molecule has 0 bridgehead atoms. The van der Waals surface area contributed by atoms with Crippen molar-refractivity contribution in [1.29, 1.82) is 0 Å². The van der Waals surface area contributed by atoms with E-state index in [0.717, 1.165) is 32.4 Å². The molecule has 1 aromatic heterocycles. The first-order valence-electron chi connectivity index (χ1n) is 7.53. The quantitative estimate of drug-likeness (QED) is 0.875. The number of rotatable bonds is 4. The fourth-order valence-corrected chi connectivity index (χ4v) is 3.64. The molecule has 3 rings (SSSR count). The van der Waals surface area contributed by atoms with Gasteiger partial charge in [-0.25, -0.2) is 9.78 Å². The van der Waals surface area contributed by atoms with Crippen LogP contribution in [0.25, 0.3) is 0 Å². The van der Waals surface area contributed by atoms with Gasteiger partial charge in [0.25, 0.3) is 0 Å². The number of aromatic nitrogens is 1. The van der Waals surface area contributed by atoms with Gasteiger partial charge in [0, 0.05) is 37.5 Å². The standard InChI is InChI=1S/C14H20N4O3S/c1-2-10(11(19)17-12-15-5-8-22-12)18-6-3-14(4-7-18)9-16-13(20)21-14/h5,8,10H,2-4,6-7,9H2,1H3,(H,16,20)(H,15,17,19). The first-order valence-corrected chi connectivity index (χ1v) is 8.41. The first kappa shape index (κ1) is 15.2. The molecule has 2 saturated heterocycles. The Hall–Kier alpha value is -1.67. The number of ether oxygens (including phenoxy) is 1. The zero-order valence-electron chi connectivity index (χ0n) is 12.5. The van der Waals surface area contributed by atoms with E-state index in [2.05, 4.69) is 20.5 Å². The normalized spacial score (nSPS) is 22.1. The number of hydrogen-bond acceptors (Lipinski definition) is 6. The van der Waals surface area contributed by atoms with Gasteiger partial charge in [0.2, 0.25) is 5.91 Å². The lowest BCUT2D eigenvalue weighted by atomic mass is 9.90. The van der Waals surface area contributed by atoms with E-state index in [-0.39, 0.29) is 23.6 Å². The van der Waals surface area contributed by atoms with E-state index in [1.54, 1.807) is 6.20 Å². The van der Waals surface area contributed by atoms with Crippen molar-refractivity contribution < 1.29 is 14.3 Å². The van der Waals surface area contributed by atoms with E-state index < -0.39 is 0 Å². The van der Waals surface area contributed by atoms with Crippen LogP contribution in [0.5, 0.6) is 0 Å². The fourth-order valence-electron chi connectivity index (χ4n) is 3.11. The monoisotopic (exact) mass is 324 g/mol. The molecule has 2 amide bonds. The smallest absolute Gasteiger partial charge is 0.407 e. The summed E-state index contributed by atoms with van der Waals surface area (Å²) in [4.78, 5) is 29.9.